The monoisotopic (exact) mass is 632 g/mol. The van der Waals surface area contributed by atoms with Gasteiger partial charge in [0.25, 0.3) is 0 Å². The van der Waals surface area contributed by atoms with E-state index in [1.54, 1.807) is 18.2 Å². The van der Waals surface area contributed by atoms with Crippen LogP contribution in [-0.4, -0.2) is 9.97 Å². The largest absolute Gasteiger partial charge is 0.228 e. The fourth-order valence-corrected chi connectivity index (χ4v) is 7.16. The van der Waals surface area contributed by atoms with Crippen molar-refractivity contribution >= 4 is 10.8 Å². The van der Waals surface area contributed by atoms with Crippen LogP contribution in [0.1, 0.15) is 33.1 Å². The van der Waals surface area contributed by atoms with Crippen LogP contribution >= 0.6 is 0 Å². The third-order valence-corrected chi connectivity index (χ3v) is 9.58. The zero-order valence-corrected chi connectivity index (χ0v) is 26.6. The molecule has 8 aromatic rings. The Morgan fingerprint density at radius 3 is 1.76 bits per heavy atom. The molecule has 0 saturated heterocycles. The van der Waals surface area contributed by atoms with Crippen LogP contribution in [0.15, 0.2) is 170 Å². The Bertz CT molecular complexity index is 2670. The predicted octanol–water partition coefficient (Wildman–Crippen LogP) is 12.3. The molecule has 232 valence electrons. The van der Waals surface area contributed by atoms with Gasteiger partial charge in [-0.3, -0.25) is 0 Å². The Hall–Kier alpha value is -6.12. The van der Waals surface area contributed by atoms with Gasteiger partial charge in [0.15, 0.2) is 5.82 Å². The molecule has 1 heterocycles. The van der Waals surface area contributed by atoms with E-state index < -0.39 is 19.1 Å². The first-order chi connectivity index (χ1) is 26.5. The van der Waals surface area contributed by atoms with Crippen LogP contribution in [0.25, 0.3) is 78.1 Å². The normalized spacial score (nSPS) is 15.2. The molecule has 2 nitrogen and oxygen atoms in total. The lowest BCUT2D eigenvalue weighted by Crippen LogP contribution is -2.14. The van der Waals surface area contributed by atoms with Gasteiger partial charge in [-0.15, -0.1) is 0 Å². The van der Waals surface area contributed by atoms with Crippen LogP contribution in [0.4, 0.5) is 0 Å². The van der Waals surface area contributed by atoms with Crippen molar-refractivity contribution in [1.82, 2.24) is 9.97 Å². The molecule has 0 atom stereocenters. The van der Waals surface area contributed by atoms with E-state index >= 15 is 0 Å². The molecule has 0 fully saturated rings. The minimum atomic E-state index is -2.83. The summed E-state index contributed by atoms with van der Waals surface area (Å²) in [6, 6.07) is 55.4. The number of benzene rings is 7. The summed E-state index contributed by atoms with van der Waals surface area (Å²) in [5.41, 5.74) is 7.92. The third-order valence-electron chi connectivity index (χ3n) is 9.58. The van der Waals surface area contributed by atoms with Gasteiger partial charge in [0, 0.05) is 30.3 Å². The summed E-state index contributed by atoms with van der Waals surface area (Å²) in [7, 11) is 0. The van der Waals surface area contributed by atoms with Crippen LogP contribution < -0.4 is 0 Å². The van der Waals surface area contributed by atoms with Crippen molar-refractivity contribution in [3.63, 3.8) is 0 Å². The Morgan fingerprint density at radius 1 is 0.388 bits per heavy atom. The molecule has 2 heteroatoms. The number of nitrogens with zero attached hydrogens (tertiary/aromatic N) is 2. The second-order valence-electron chi connectivity index (χ2n) is 12.5. The molecule has 1 aliphatic carbocycles. The van der Waals surface area contributed by atoms with Crippen LogP contribution in [0, 0.1) is 0 Å². The van der Waals surface area contributed by atoms with Gasteiger partial charge in [0.05, 0.1) is 11.4 Å². The molecule has 0 aliphatic heterocycles. The van der Waals surface area contributed by atoms with Crippen molar-refractivity contribution < 1.29 is 8.22 Å². The Kier molecular flexibility index (Phi) is 5.47. The molecule has 0 bridgehead atoms. The van der Waals surface area contributed by atoms with Crippen molar-refractivity contribution in [2.45, 2.75) is 19.1 Å². The fraction of sp³-hybridized carbons (Fsp3) is 0.0638. The molecular weight excluding hydrogens is 593 g/mol. The first-order valence-electron chi connectivity index (χ1n) is 19.4. The predicted molar refractivity (Wildman–Crippen MR) is 204 cm³/mol. The van der Waals surface area contributed by atoms with E-state index in [4.69, 9.17) is 18.2 Å². The van der Waals surface area contributed by atoms with Crippen LogP contribution in [0.3, 0.4) is 0 Å². The number of aromatic nitrogens is 2. The third kappa shape index (κ3) is 4.96. The average molecular weight is 633 g/mol. The first-order valence-corrected chi connectivity index (χ1v) is 16.4. The summed E-state index contributed by atoms with van der Waals surface area (Å²) in [6.07, 6.45) is 0. The molecule has 0 saturated carbocycles. The number of rotatable bonds is 5. The van der Waals surface area contributed by atoms with E-state index in [2.05, 4.69) is 54.6 Å². The second kappa shape index (κ2) is 11.5. The number of fused-ring (bicyclic) bond motifs is 4. The van der Waals surface area contributed by atoms with E-state index in [1.165, 1.54) is 0 Å². The zero-order chi connectivity index (χ0) is 38.0. The minimum Gasteiger partial charge on any atom is -0.228 e. The van der Waals surface area contributed by atoms with Gasteiger partial charge < -0.3 is 0 Å². The molecule has 1 aliphatic rings. The highest BCUT2D eigenvalue weighted by atomic mass is 14.9. The molecule has 0 N–H and O–H groups in total. The van der Waals surface area contributed by atoms with Gasteiger partial charge in [0.2, 0.25) is 0 Å². The molecule has 0 amide bonds. The first kappa shape index (κ1) is 23.2. The summed E-state index contributed by atoms with van der Waals surface area (Å²) in [5, 5.41) is 2.09. The Morgan fingerprint density at radius 2 is 0.959 bits per heavy atom. The van der Waals surface area contributed by atoms with E-state index in [1.807, 2.05) is 97.1 Å². The molecule has 7 aromatic carbocycles. The summed E-state index contributed by atoms with van der Waals surface area (Å²) < 4.78 is 51.9. The lowest BCUT2D eigenvalue weighted by Gasteiger charge is -2.22. The molecule has 0 radical (unpaired) electrons. The maximum absolute atomic E-state index is 8.65. The standard InChI is InChI=1S/C47H34N2/c1-47(2)42-23-12-11-22-39(42)40-25-24-34(29-43(40)47)33-18-13-19-35(28-33)36-26-27-41(38-21-10-9-20-37(36)38)45-30-44(31-14-5-3-6-15-31)48-46(49-45)32-16-7-4-8-17-32/h3-30H,1-2H3/i1D3,2D3. The van der Waals surface area contributed by atoms with Gasteiger partial charge >= 0.3 is 0 Å². The summed E-state index contributed by atoms with van der Waals surface area (Å²) in [5.74, 6) is 0.649. The molecule has 0 spiro atoms. The van der Waals surface area contributed by atoms with E-state index in [9.17, 15) is 0 Å². The Balaban J connectivity index is 1.17. The van der Waals surface area contributed by atoms with Crippen LogP contribution in [0.2, 0.25) is 0 Å². The van der Waals surface area contributed by atoms with Gasteiger partial charge in [-0.1, -0.05) is 165 Å². The maximum atomic E-state index is 8.65. The van der Waals surface area contributed by atoms with Crippen LogP contribution in [-0.2, 0) is 5.41 Å². The van der Waals surface area contributed by atoms with E-state index in [-0.39, 0.29) is 0 Å². The minimum absolute atomic E-state index is 0.306. The van der Waals surface area contributed by atoms with Crippen molar-refractivity contribution in [3.05, 3.63) is 181 Å². The van der Waals surface area contributed by atoms with Gasteiger partial charge in [-0.25, -0.2) is 9.97 Å². The Labute approximate surface area is 295 Å². The smallest absolute Gasteiger partial charge is 0.160 e. The molecule has 1 aromatic heterocycles. The molecule has 9 rings (SSSR count). The van der Waals surface area contributed by atoms with Crippen LogP contribution in [0.5, 0.6) is 0 Å². The van der Waals surface area contributed by atoms with Crippen molar-refractivity contribution in [3.8, 4) is 67.3 Å². The SMILES string of the molecule is [2H]C([2H])([2H])C1(C([2H])([2H])[2H])c2ccccc2-c2ccc(-c3cccc(-c4ccc(-c5cc(-c6ccccc6)nc(-c6ccccc6)n5)c5ccccc45)c3)cc21. The van der Waals surface area contributed by atoms with Gasteiger partial charge in [0.1, 0.15) is 0 Å². The van der Waals surface area contributed by atoms with Gasteiger partial charge in [-0.05, 0) is 73.5 Å². The van der Waals surface area contributed by atoms with Crippen molar-refractivity contribution in [1.29, 1.82) is 0 Å². The average Bonchev–Trinajstić information content (AvgIpc) is 3.52. The molecule has 49 heavy (non-hydrogen) atoms. The molecular formula is C47H34N2. The highest BCUT2D eigenvalue weighted by Gasteiger charge is 2.35. The summed E-state index contributed by atoms with van der Waals surface area (Å²) in [4.78, 5) is 10.1. The zero-order valence-electron chi connectivity index (χ0n) is 32.6. The fourth-order valence-electron chi connectivity index (χ4n) is 7.16. The van der Waals surface area contributed by atoms with Crippen molar-refractivity contribution in [2.24, 2.45) is 0 Å². The molecule has 0 unspecified atom stereocenters. The highest BCUT2D eigenvalue weighted by molar-refractivity contribution is 6.05. The topological polar surface area (TPSA) is 25.8 Å². The quantitative estimate of drug-likeness (QED) is 0.189. The van der Waals surface area contributed by atoms with E-state index in [0.717, 1.165) is 61.1 Å². The highest BCUT2D eigenvalue weighted by Crippen LogP contribution is 2.49. The maximum Gasteiger partial charge on any atom is 0.160 e. The lowest BCUT2D eigenvalue weighted by atomic mass is 9.81. The lowest BCUT2D eigenvalue weighted by molar-refractivity contribution is 0.660. The summed E-state index contributed by atoms with van der Waals surface area (Å²) >= 11 is 0. The van der Waals surface area contributed by atoms with Crippen molar-refractivity contribution in [2.75, 3.05) is 0 Å². The second-order valence-corrected chi connectivity index (χ2v) is 12.5. The summed E-state index contributed by atoms with van der Waals surface area (Å²) in [6.45, 7) is -5.65. The van der Waals surface area contributed by atoms with Gasteiger partial charge in [-0.2, -0.15) is 0 Å². The number of hydrogen-bond donors (Lipinski definition) is 0. The number of hydrogen-bond acceptors (Lipinski definition) is 2. The van der Waals surface area contributed by atoms with E-state index in [0.29, 0.717) is 28.1 Å².